The third kappa shape index (κ3) is 4.23. The summed E-state index contributed by atoms with van der Waals surface area (Å²) in [5, 5.41) is 5.20. The van der Waals surface area contributed by atoms with E-state index in [2.05, 4.69) is 141 Å². The second-order valence-corrected chi connectivity index (χ2v) is 12.0. The maximum absolute atomic E-state index is 3.86. The Morgan fingerprint density at radius 3 is 2.22 bits per heavy atom. The number of para-hydroxylation sites is 1. The molecule has 0 aliphatic rings. The average molecular weight is 546 g/mol. The Balaban J connectivity index is 1.41. The molecule has 198 valence electrons. The Labute approximate surface area is 245 Å². The number of nitrogens with zero attached hydrogens (tertiary/aromatic N) is 1. The van der Waals surface area contributed by atoms with Crippen LogP contribution in [0.15, 0.2) is 134 Å². The first kappa shape index (κ1) is 25.3. The summed E-state index contributed by atoms with van der Waals surface area (Å²) in [6.07, 6.45) is 6.02. The minimum absolute atomic E-state index is 1.20. The van der Waals surface area contributed by atoms with Crippen LogP contribution in [-0.2, 0) is 0 Å². The number of benzene rings is 5. The van der Waals surface area contributed by atoms with Crippen molar-refractivity contribution < 1.29 is 0 Å². The molecule has 0 spiro atoms. The predicted octanol–water partition coefficient (Wildman–Crippen LogP) is 11.7. The first-order valence-electron chi connectivity index (χ1n) is 14.1. The Morgan fingerprint density at radius 2 is 1.39 bits per heavy atom. The van der Waals surface area contributed by atoms with Crippen molar-refractivity contribution in [1.82, 2.24) is 4.57 Å². The molecule has 1 nitrogen and oxygen atoms in total. The van der Waals surface area contributed by atoms with E-state index >= 15 is 0 Å². The van der Waals surface area contributed by atoms with E-state index in [1.165, 1.54) is 81.1 Å². The molecule has 7 rings (SSSR count). The van der Waals surface area contributed by atoms with Crippen molar-refractivity contribution in [3.05, 3.63) is 145 Å². The van der Waals surface area contributed by atoms with E-state index in [1.807, 2.05) is 23.5 Å². The summed E-state index contributed by atoms with van der Waals surface area (Å²) in [6, 6.07) is 38.1. The Bertz CT molecular complexity index is 2190. The average Bonchev–Trinajstić information content (AvgIpc) is 3.53. The molecule has 7 aromatic rings. The molecule has 0 unspecified atom stereocenters. The van der Waals surface area contributed by atoms with Crippen molar-refractivity contribution >= 4 is 58.9 Å². The van der Waals surface area contributed by atoms with Gasteiger partial charge in [-0.15, -0.1) is 11.3 Å². The third-order valence-electron chi connectivity index (χ3n) is 8.09. The molecule has 0 saturated carbocycles. The van der Waals surface area contributed by atoms with Gasteiger partial charge in [-0.2, -0.15) is 0 Å². The molecule has 41 heavy (non-hydrogen) atoms. The van der Waals surface area contributed by atoms with Gasteiger partial charge < -0.3 is 4.57 Å². The summed E-state index contributed by atoms with van der Waals surface area (Å²) in [5.41, 5.74) is 11.2. The van der Waals surface area contributed by atoms with E-state index in [0.29, 0.717) is 0 Å². The summed E-state index contributed by atoms with van der Waals surface area (Å²) in [7, 11) is 0. The number of rotatable bonds is 5. The van der Waals surface area contributed by atoms with Crippen LogP contribution in [0.25, 0.3) is 64.4 Å². The fourth-order valence-corrected chi connectivity index (χ4v) is 7.21. The molecule has 0 N–H and O–H groups in total. The maximum Gasteiger partial charge on any atom is 0.0541 e. The van der Waals surface area contributed by atoms with Crippen molar-refractivity contribution in [2.45, 2.75) is 20.8 Å². The fourth-order valence-electron chi connectivity index (χ4n) is 6.07. The number of thiophene rings is 1. The third-order valence-corrected chi connectivity index (χ3v) is 9.23. The molecule has 0 amide bonds. The second kappa shape index (κ2) is 10.1. The summed E-state index contributed by atoms with van der Waals surface area (Å²) in [4.78, 5) is 0. The highest BCUT2D eigenvalue weighted by Crippen LogP contribution is 2.39. The summed E-state index contributed by atoms with van der Waals surface area (Å²) >= 11 is 1.87. The van der Waals surface area contributed by atoms with Crippen molar-refractivity contribution in [2.75, 3.05) is 0 Å². The highest BCUT2D eigenvalue weighted by atomic mass is 32.1. The van der Waals surface area contributed by atoms with Gasteiger partial charge in [-0.1, -0.05) is 91.0 Å². The van der Waals surface area contributed by atoms with Crippen molar-refractivity contribution in [3.63, 3.8) is 0 Å². The van der Waals surface area contributed by atoms with Gasteiger partial charge in [0.25, 0.3) is 0 Å². The maximum atomic E-state index is 3.86. The first-order valence-corrected chi connectivity index (χ1v) is 14.9. The molecule has 0 aliphatic heterocycles. The molecule has 0 bridgehead atoms. The van der Waals surface area contributed by atoms with Gasteiger partial charge in [0.2, 0.25) is 0 Å². The van der Waals surface area contributed by atoms with E-state index in [0.717, 1.165) is 0 Å². The van der Waals surface area contributed by atoms with Crippen molar-refractivity contribution in [3.8, 4) is 16.8 Å². The zero-order chi connectivity index (χ0) is 28.1. The van der Waals surface area contributed by atoms with Crippen LogP contribution in [0.5, 0.6) is 0 Å². The lowest BCUT2D eigenvalue weighted by atomic mass is 9.92. The van der Waals surface area contributed by atoms with Crippen LogP contribution >= 0.6 is 11.3 Å². The summed E-state index contributed by atoms with van der Waals surface area (Å²) < 4.78 is 5.07. The van der Waals surface area contributed by atoms with Gasteiger partial charge in [-0.25, -0.2) is 0 Å². The van der Waals surface area contributed by atoms with Gasteiger partial charge in [0.15, 0.2) is 0 Å². The van der Waals surface area contributed by atoms with Gasteiger partial charge in [0, 0.05) is 36.6 Å². The number of hydrogen-bond donors (Lipinski definition) is 0. The minimum Gasteiger partial charge on any atom is -0.309 e. The van der Waals surface area contributed by atoms with Crippen LogP contribution in [0, 0.1) is 6.92 Å². The molecule has 2 aromatic heterocycles. The Morgan fingerprint density at radius 1 is 0.683 bits per heavy atom. The van der Waals surface area contributed by atoms with E-state index < -0.39 is 0 Å². The largest absolute Gasteiger partial charge is 0.309 e. The Kier molecular flexibility index (Phi) is 6.22. The van der Waals surface area contributed by atoms with Crippen LogP contribution in [0.3, 0.4) is 0 Å². The van der Waals surface area contributed by atoms with Gasteiger partial charge in [0.05, 0.1) is 11.0 Å². The number of hydrogen-bond acceptors (Lipinski definition) is 1. The first-order chi connectivity index (χ1) is 20.0. The normalized spacial score (nSPS) is 11.8. The zero-order valence-electron chi connectivity index (χ0n) is 23.6. The highest BCUT2D eigenvalue weighted by Gasteiger charge is 2.15. The van der Waals surface area contributed by atoms with Crippen LogP contribution < -0.4 is 0 Å². The van der Waals surface area contributed by atoms with E-state index in [9.17, 15) is 0 Å². The lowest BCUT2D eigenvalue weighted by Gasteiger charge is -2.13. The molecular formula is C39H31NS. The Hall–Kier alpha value is -4.66. The molecule has 0 aliphatic carbocycles. The van der Waals surface area contributed by atoms with Gasteiger partial charge in [-0.3, -0.25) is 0 Å². The van der Waals surface area contributed by atoms with E-state index in [1.54, 1.807) is 0 Å². The molecule has 0 fully saturated rings. The van der Waals surface area contributed by atoms with Crippen LogP contribution in [0.4, 0.5) is 0 Å². The van der Waals surface area contributed by atoms with E-state index in [4.69, 9.17) is 0 Å². The topological polar surface area (TPSA) is 4.93 Å². The van der Waals surface area contributed by atoms with Crippen LogP contribution in [-0.4, -0.2) is 4.57 Å². The van der Waals surface area contributed by atoms with Crippen LogP contribution in [0.1, 0.15) is 25.0 Å². The van der Waals surface area contributed by atoms with Crippen molar-refractivity contribution in [2.24, 2.45) is 0 Å². The SMILES string of the molecule is C=C/C=C\C(=C(C)C)c1cc(-c2ccc3c(c2)c2ccccc2n3-c2ccc3c(c2)sc2ccccc23)ccc1C. The van der Waals surface area contributed by atoms with E-state index in [-0.39, 0.29) is 0 Å². The molecule has 0 atom stereocenters. The molecule has 5 aromatic carbocycles. The van der Waals surface area contributed by atoms with Gasteiger partial charge in [0.1, 0.15) is 0 Å². The molecule has 2 heteroatoms. The summed E-state index contributed by atoms with van der Waals surface area (Å²) in [5.74, 6) is 0. The lowest BCUT2D eigenvalue weighted by molar-refractivity contribution is 1.19. The smallest absolute Gasteiger partial charge is 0.0541 e. The minimum atomic E-state index is 1.20. The van der Waals surface area contributed by atoms with Crippen LogP contribution in [0.2, 0.25) is 0 Å². The number of fused-ring (bicyclic) bond motifs is 6. The number of aryl methyl sites for hydroxylation is 1. The number of allylic oxidation sites excluding steroid dienone is 5. The highest BCUT2D eigenvalue weighted by molar-refractivity contribution is 7.25. The molecule has 0 saturated heterocycles. The van der Waals surface area contributed by atoms with Crippen molar-refractivity contribution in [1.29, 1.82) is 0 Å². The number of aromatic nitrogens is 1. The standard InChI is InChI=1S/C39H31NS/c1-5-6-11-30(25(2)3)34-22-27(17-16-26(34)4)28-18-21-37-35(23-28)31-12-7-9-14-36(31)40(37)29-19-20-33-32-13-8-10-15-38(32)41-39(33)24-29/h5-24H,1H2,2-4H3/b11-6-. The lowest BCUT2D eigenvalue weighted by Crippen LogP contribution is -1.93. The summed E-state index contributed by atoms with van der Waals surface area (Å²) in [6.45, 7) is 10.4. The molecule has 2 heterocycles. The van der Waals surface area contributed by atoms with Gasteiger partial charge >= 0.3 is 0 Å². The fraction of sp³-hybridized carbons (Fsp3) is 0.0769. The quantitative estimate of drug-likeness (QED) is 0.190. The molecular weight excluding hydrogens is 515 g/mol. The monoisotopic (exact) mass is 545 g/mol. The molecule has 0 radical (unpaired) electrons. The second-order valence-electron chi connectivity index (χ2n) is 10.9. The van der Waals surface area contributed by atoms with Gasteiger partial charge in [-0.05, 0) is 91.1 Å². The predicted molar refractivity (Wildman–Crippen MR) is 181 cm³/mol. The zero-order valence-corrected chi connectivity index (χ0v) is 24.4.